The Hall–Kier alpha value is -1.55. The van der Waals surface area contributed by atoms with Gasteiger partial charge in [-0.25, -0.2) is 0 Å². The fourth-order valence-electron chi connectivity index (χ4n) is 3.58. The second kappa shape index (κ2) is 7.35. The summed E-state index contributed by atoms with van der Waals surface area (Å²) in [5.41, 5.74) is 1.84. The number of ether oxygens (including phenoxy) is 1. The van der Waals surface area contributed by atoms with Crippen molar-refractivity contribution in [3.63, 3.8) is 0 Å². The van der Waals surface area contributed by atoms with Gasteiger partial charge in [-0.15, -0.1) is 0 Å². The molecule has 2 saturated carbocycles. The number of hydrogen-bond acceptors (Lipinski definition) is 2. The van der Waals surface area contributed by atoms with E-state index in [4.69, 9.17) is 4.74 Å². The quantitative estimate of drug-likeness (QED) is 0.601. The highest BCUT2D eigenvalue weighted by atomic mass is 16.5. The molecule has 2 aliphatic carbocycles. The van der Waals surface area contributed by atoms with Crippen molar-refractivity contribution in [1.29, 1.82) is 0 Å². The van der Waals surface area contributed by atoms with Crippen molar-refractivity contribution in [2.45, 2.75) is 44.1 Å². The molecule has 4 heteroatoms. The first-order valence-corrected chi connectivity index (χ1v) is 8.77. The summed E-state index contributed by atoms with van der Waals surface area (Å²) in [6.45, 7) is 1.85. The van der Waals surface area contributed by atoms with E-state index in [2.05, 4.69) is 46.0 Å². The topological polar surface area (TPSA) is 45.7 Å². The van der Waals surface area contributed by atoms with E-state index >= 15 is 0 Å². The molecule has 0 radical (unpaired) electrons. The molecule has 2 atom stereocenters. The molecule has 2 N–H and O–H groups in total. The van der Waals surface area contributed by atoms with Crippen LogP contribution in [0.1, 0.15) is 43.6 Å². The van der Waals surface area contributed by atoms with Crippen molar-refractivity contribution in [3.05, 3.63) is 35.9 Å². The van der Waals surface area contributed by atoms with Gasteiger partial charge < -0.3 is 15.4 Å². The normalized spacial score (nSPS) is 25.6. The molecule has 0 amide bonds. The molecule has 2 fully saturated rings. The molecule has 2 unspecified atom stereocenters. The third kappa shape index (κ3) is 4.05. The minimum Gasteiger partial charge on any atom is -0.385 e. The van der Waals surface area contributed by atoms with Gasteiger partial charge in [0.05, 0.1) is 0 Å². The van der Waals surface area contributed by atoms with Crippen LogP contribution in [0.5, 0.6) is 0 Å². The number of aliphatic imine (C=N–C) groups is 1. The highest BCUT2D eigenvalue weighted by Gasteiger charge is 2.40. The lowest BCUT2D eigenvalue weighted by molar-refractivity contribution is 0.0732. The van der Waals surface area contributed by atoms with Crippen LogP contribution in [0, 0.1) is 5.41 Å². The van der Waals surface area contributed by atoms with Gasteiger partial charge in [0.25, 0.3) is 0 Å². The third-order valence-corrected chi connectivity index (χ3v) is 5.45. The highest BCUT2D eigenvalue weighted by Crippen LogP contribution is 2.43. The van der Waals surface area contributed by atoms with Crippen LogP contribution < -0.4 is 10.6 Å². The molecule has 1 aromatic carbocycles. The molecule has 0 bridgehead atoms. The fourth-order valence-corrected chi connectivity index (χ4v) is 3.58. The van der Waals surface area contributed by atoms with Crippen LogP contribution in [0.15, 0.2) is 35.3 Å². The zero-order valence-electron chi connectivity index (χ0n) is 14.3. The summed E-state index contributed by atoms with van der Waals surface area (Å²) in [6.07, 6.45) is 6.28. The smallest absolute Gasteiger partial charge is 0.191 e. The molecule has 0 saturated heterocycles. The number of hydrogen-bond donors (Lipinski definition) is 2. The second-order valence-electron chi connectivity index (χ2n) is 7.03. The Morgan fingerprint density at radius 2 is 2.09 bits per heavy atom. The Morgan fingerprint density at radius 1 is 1.30 bits per heavy atom. The Balaban J connectivity index is 1.46. The van der Waals surface area contributed by atoms with Gasteiger partial charge in [-0.2, -0.15) is 0 Å². The Bertz CT molecular complexity index is 525. The molecule has 0 aliphatic heterocycles. The number of nitrogens with one attached hydrogen (secondary N) is 2. The van der Waals surface area contributed by atoms with Crippen molar-refractivity contribution < 1.29 is 4.74 Å². The summed E-state index contributed by atoms with van der Waals surface area (Å²) in [5.74, 6) is 1.57. The average molecular weight is 315 g/mol. The van der Waals surface area contributed by atoms with Crippen LogP contribution in [0.3, 0.4) is 0 Å². The van der Waals surface area contributed by atoms with Gasteiger partial charge in [-0.1, -0.05) is 36.8 Å². The Kier molecular flexibility index (Phi) is 5.21. The maximum atomic E-state index is 5.27. The molecule has 2 aliphatic rings. The SMILES string of the molecule is CN=C(NCC1(CCOC)CCC1)NC1CC1c1ccccc1. The number of guanidine groups is 1. The minimum atomic E-state index is 0.413. The van der Waals surface area contributed by atoms with Gasteiger partial charge in [-0.3, -0.25) is 4.99 Å². The molecule has 1 aromatic rings. The molecule has 4 nitrogen and oxygen atoms in total. The largest absolute Gasteiger partial charge is 0.385 e. The van der Waals surface area contributed by atoms with E-state index in [1.165, 1.54) is 31.2 Å². The molecular formula is C19H29N3O. The summed E-state index contributed by atoms with van der Waals surface area (Å²) in [4.78, 5) is 4.40. The standard InChI is InChI=1S/C19H29N3O/c1-20-18(21-14-19(9-6-10-19)11-12-23-2)22-17-13-16(17)15-7-4-3-5-8-15/h3-5,7-8,16-17H,6,9-14H2,1-2H3,(H2,20,21,22). The van der Waals surface area contributed by atoms with Crippen LogP contribution in [-0.4, -0.2) is 39.3 Å². The first-order chi connectivity index (χ1) is 11.3. The summed E-state index contributed by atoms with van der Waals surface area (Å²) in [7, 11) is 3.65. The van der Waals surface area contributed by atoms with E-state index in [0.717, 1.165) is 25.5 Å². The third-order valence-electron chi connectivity index (χ3n) is 5.45. The van der Waals surface area contributed by atoms with Crippen molar-refractivity contribution in [3.8, 4) is 0 Å². The van der Waals surface area contributed by atoms with Gasteiger partial charge >= 0.3 is 0 Å². The van der Waals surface area contributed by atoms with E-state index < -0.39 is 0 Å². The van der Waals surface area contributed by atoms with Crippen LogP contribution in [0.25, 0.3) is 0 Å². The van der Waals surface area contributed by atoms with E-state index in [-0.39, 0.29) is 0 Å². The lowest BCUT2D eigenvalue weighted by Crippen LogP contribution is -2.47. The summed E-state index contributed by atoms with van der Waals surface area (Å²) < 4.78 is 5.27. The molecular weight excluding hydrogens is 286 g/mol. The van der Waals surface area contributed by atoms with Gasteiger partial charge in [0.2, 0.25) is 0 Å². The molecule has 126 valence electrons. The van der Waals surface area contributed by atoms with Crippen molar-refractivity contribution in [2.75, 3.05) is 27.3 Å². The lowest BCUT2D eigenvalue weighted by Gasteiger charge is -2.42. The van der Waals surface area contributed by atoms with Crippen LogP contribution >= 0.6 is 0 Å². The molecule has 23 heavy (non-hydrogen) atoms. The van der Waals surface area contributed by atoms with Crippen LogP contribution in [0.4, 0.5) is 0 Å². The summed E-state index contributed by atoms with van der Waals surface area (Å²) in [5, 5.41) is 7.12. The predicted octanol–water partition coefficient (Wildman–Crippen LogP) is 2.91. The van der Waals surface area contributed by atoms with E-state index in [1.54, 1.807) is 7.11 Å². The molecule has 0 aromatic heterocycles. The zero-order valence-corrected chi connectivity index (χ0v) is 14.3. The van der Waals surface area contributed by atoms with Crippen molar-refractivity contribution in [1.82, 2.24) is 10.6 Å². The van der Waals surface area contributed by atoms with Gasteiger partial charge in [0.1, 0.15) is 0 Å². The van der Waals surface area contributed by atoms with E-state index in [1.807, 2.05) is 7.05 Å². The van der Waals surface area contributed by atoms with Gasteiger partial charge in [0, 0.05) is 39.3 Å². The number of methoxy groups -OCH3 is 1. The average Bonchev–Trinajstić information content (AvgIpc) is 3.32. The maximum absolute atomic E-state index is 5.27. The number of nitrogens with zero attached hydrogens (tertiary/aromatic N) is 1. The van der Waals surface area contributed by atoms with Crippen molar-refractivity contribution >= 4 is 5.96 Å². The summed E-state index contributed by atoms with van der Waals surface area (Å²) >= 11 is 0. The van der Waals surface area contributed by atoms with E-state index in [9.17, 15) is 0 Å². The first-order valence-electron chi connectivity index (χ1n) is 8.77. The second-order valence-corrected chi connectivity index (χ2v) is 7.03. The Labute approximate surface area is 139 Å². The maximum Gasteiger partial charge on any atom is 0.191 e. The first kappa shape index (κ1) is 16.3. The number of benzene rings is 1. The predicted molar refractivity (Wildman–Crippen MR) is 94.9 cm³/mol. The summed E-state index contributed by atoms with van der Waals surface area (Å²) in [6, 6.07) is 11.3. The Morgan fingerprint density at radius 3 is 2.70 bits per heavy atom. The van der Waals surface area contributed by atoms with Crippen molar-refractivity contribution in [2.24, 2.45) is 10.4 Å². The lowest BCUT2D eigenvalue weighted by atomic mass is 9.67. The molecule has 0 heterocycles. The fraction of sp³-hybridized carbons (Fsp3) is 0.632. The monoisotopic (exact) mass is 315 g/mol. The van der Waals surface area contributed by atoms with Crippen LogP contribution in [0.2, 0.25) is 0 Å². The van der Waals surface area contributed by atoms with Crippen LogP contribution in [-0.2, 0) is 4.74 Å². The minimum absolute atomic E-state index is 0.413. The highest BCUT2D eigenvalue weighted by molar-refractivity contribution is 5.80. The van der Waals surface area contributed by atoms with Gasteiger partial charge in [0.15, 0.2) is 5.96 Å². The zero-order chi connectivity index (χ0) is 16.1. The number of rotatable bonds is 7. The van der Waals surface area contributed by atoms with E-state index in [0.29, 0.717) is 17.4 Å². The van der Waals surface area contributed by atoms with Gasteiger partial charge in [-0.05, 0) is 36.7 Å². The molecule has 3 rings (SSSR count). The molecule has 0 spiro atoms.